The van der Waals surface area contributed by atoms with Gasteiger partial charge in [-0.3, -0.25) is 4.79 Å². The smallest absolute Gasteiger partial charge is 0.265 e. The molecule has 1 rings (SSSR count). The van der Waals surface area contributed by atoms with Crippen molar-refractivity contribution in [2.45, 2.75) is 6.92 Å². The van der Waals surface area contributed by atoms with Gasteiger partial charge in [0.05, 0.1) is 0 Å². The first-order valence-electron chi connectivity index (χ1n) is 3.52. The number of carbonyl (C=O) groups is 1. The van der Waals surface area contributed by atoms with Gasteiger partial charge in [0.2, 0.25) is 0 Å². The lowest BCUT2D eigenvalue weighted by Gasteiger charge is -2.11. The average molecular weight is 205 g/mol. The molecule has 0 radical (unpaired) electrons. The first-order chi connectivity index (χ1) is 5.65. The summed E-state index contributed by atoms with van der Waals surface area (Å²) in [6, 6.07) is 1.58. The van der Waals surface area contributed by atoms with Gasteiger partial charge >= 0.3 is 0 Å². The molecule has 0 aliphatic heterocycles. The summed E-state index contributed by atoms with van der Waals surface area (Å²) in [5.74, 6) is -0.0260. The van der Waals surface area contributed by atoms with Crippen LogP contribution in [0.3, 0.4) is 0 Å². The van der Waals surface area contributed by atoms with E-state index in [0.29, 0.717) is 16.6 Å². The van der Waals surface area contributed by atoms with Crippen LogP contribution in [0, 0.1) is 0 Å². The largest absolute Gasteiger partial charge is 0.341 e. The lowest BCUT2D eigenvalue weighted by atomic mass is 10.4. The van der Waals surface area contributed by atoms with E-state index < -0.39 is 0 Å². The quantitative estimate of drug-likeness (QED) is 0.737. The molecule has 0 unspecified atom stereocenters. The van der Waals surface area contributed by atoms with Crippen molar-refractivity contribution in [2.24, 2.45) is 0 Å². The Kier molecular flexibility index (Phi) is 3.05. The third kappa shape index (κ3) is 1.95. The van der Waals surface area contributed by atoms with E-state index in [-0.39, 0.29) is 5.91 Å². The molecule has 0 N–H and O–H groups in total. The van der Waals surface area contributed by atoms with Crippen molar-refractivity contribution in [1.82, 2.24) is 9.27 Å². The predicted octanol–water partition coefficient (Wildman–Crippen LogP) is 1.89. The van der Waals surface area contributed by atoms with E-state index in [1.54, 1.807) is 18.0 Å². The maximum Gasteiger partial charge on any atom is 0.265 e. The molecule has 0 aromatic carbocycles. The summed E-state index contributed by atoms with van der Waals surface area (Å²) in [6.45, 7) is 2.61. The summed E-state index contributed by atoms with van der Waals surface area (Å²) in [6.07, 6.45) is 0. The highest BCUT2D eigenvalue weighted by atomic mass is 35.5. The van der Waals surface area contributed by atoms with Gasteiger partial charge in [-0.25, -0.2) is 0 Å². The summed E-state index contributed by atoms with van der Waals surface area (Å²) in [4.78, 5) is 13.6. The van der Waals surface area contributed by atoms with E-state index in [1.807, 2.05) is 6.92 Å². The van der Waals surface area contributed by atoms with E-state index in [1.165, 1.54) is 0 Å². The Bertz CT molecular complexity index is 287. The van der Waals surface area contributed by atoms with Crippen LogP contribution in [-0.2, 0) is 0 Å². The van der Waals surface area contributed by atoms with Crippen molar-refractivity contribution in [3.05, 3.63) is 16.1 Å². The number of amides is 1. The molecule has 0 bridgehead atoms. The van der Waals surface area contributed by atoms with Crippen molar-refractivity contribution in [2.75, 3.05) is 13.6 Å². The SMILES string of the molecule is CCN(C)C(=O)c1cc(Cl)ns1. The van der Waals surface area contributed by atoms with Gasteiger partial charge in [0.15, 0.2) is 0 Å². The van der Waals surface area contributed by atoms with Crippen LogP contribution >= 0.6 is 23.1 Å². The number of hydrogen-bond acceptors (Lipinski definition) is 3. The third-order valence-electron chi connectivity index (χ3n) is 1.51. The average Bonchev–Trinajstić information content (AvgIpc) is 2.49. The maximum atomic E-state index is 11.4. The second-order valence-corrected chi connectivity index (χ2v) is 3.53. The number of rotatable bonds is 2. The molecule has 1 heterocycles. The van der Waals surface area contributed by atoms with Crippen molar-refractivity contribution >= 4 is 29.0 Å². The number of halogens is 1. The number of hydrogen-bond donors (Lipinski definition) is 0. The molecule has 1 aromatic heterocycles. The highest BCUT2D eigenvalue weighted by molar-refractivity contribution is 7.08. The Hall–Kier alpha value is -0.610. The Labute approximate surface area is 80.1 Å². The molecule has 0 saturated heterocycles. The minimum atomic E-state index is -0.0260. The number of aromatic nitrogens is 1. The van der Waals surface area contributed by atoms with Crippen molar-refractivity contribution in [1.29, 1.82) is 0 Å². The van der Waals surface area contributed by atoms with Crippen molar-refractivity contribution < 1.29 is 4.79 Å². The topological polar surface area (TPSA) is 33.2 Å². The fourth-order valence-corrected chi connectivity index (χ4v) is 1.60. The molecule has 5 heteroatoms. The predicted molar refractivity (Wildman–Crippen MR) is 49.8 cm³/mol. The molecular weight excluding hydrogens is 196 g/mol. The molecule has 0 aliphatic carbocycles. The van der Waals surface area contributed by atoms with Crippen molar-refractivity contribution in [3.8, 4) is 0 Å². The van der Waals surface area contributed by atoms with Crippen LogP contribution in [0.2, 0.25) is 5.15 Å². The van der Waals surface area contributed by atoms with Gasteiger partial charge in [0.25, 0.3) is 5.91 Å². The van der Waals surface area contributed by atoms with E-state index in [0.717, 1.165) is 11.5 Å². The molecule has 0 fully saturated rings. The van der Waals surface area contributed by atoms with Crippen LogP contribution in [0.5, 0.6) is 0 Å². The van der Waals surface area contributed by atoms with Crippen LogP contribution in [0.1, 0.15) is 16.6 Å². The zero-order chi connectivity index (χ0) is 9.14. The van der Waals surface area contributed by atoms with Crippen LogP contribution in [0.25, 0.3) is 0 Å². The van der Waals surface area contributed by atoms with E-state index in [4.69, 9.17) is 11.6 Å². The third-order valence-corrected chi connectivity index (χ3v) is 2.58. The summed E-state index contributed by atoms with van der Waals surface area (Å²) >= 11 is 6.71. The summed E-state index contributed by atoms with van der Waals surface area (Å²) in [5.41, 5.74) is 0. The van der Waals surface area contributed by atoms with E-state index >= 15 is 0 Å². The van der Waals surface area contributed by atoms with E-state index in [2.05, 4.69) is 4.37 Å². The Balaban J connectivity index is 2.78. The second kappa shape index (κ2) is 3.87. The lowest BCUT2D eigenvalue weighted by Crippen LogP contribution is -2.25. The molecule has 66 valence electrons. The highest BCUT2D eigenvalue weighted by Gasteiger charge is 2.12. The molecular formula is C7H9ClN2OS. The lowest BCUT2D eigenvalue weighted by molar-refractivity contribution is 0.0807. The number of nitrogens with zero attached hydrogens (tertiary/aromatic N) is 2. The Morgan fingerprint density at radius 1 is 1.83 bits per heavy atom. The Morgan fingerprint density at radius 2 is 2.50 bits per heavy atom. The minimum Gasteiger partial charge on any atom is -0.341 e. The first-order valence-corrected chi connectivity index (χ1v) is 4.68. The van der Waals surface area contributed by atoms with Crippen LogP contribution in [0.4, 0.5) is 0 Å². The molecule has 3 nitrogen and oxygen atoms in total. The first kappa shape index (κ1) is 9.48. The zero-order valence-corrected chi connectivity index (χ0v) is 8.45. The van der Waals surface area contributed by atoms with Crippen LogP contribution in [-0.4, -0.2) is 28.8 Å². The summed E-state index contributed by atoms with van der Waals surface area (Å²) < 4.78 is 3.81. The summed E-state index contributed by atoms with van der Waals surface area (Å²) in [7, 11) is 1.75. The standard InChI is InChI=1S/C7H9ClN2OS/c1-3-10(2)7(11)5-4-6(8)9-12-5/h4H,3H2,1-2H3. The van der Waals surface area contributed by atoms with E-state index in [9.17, 15) is 4.79 Å². The van der Waals surface area contributed by atoms with Gasteiger partial charge in [-0.1, -0.05) is 11.6 Å². The molecule has 1 amide bonds. The normalized spacial score (nSPS) is 9.92. The highest BCUT2D eigenvalue weighted by Crippen LogP contribution is 2.15. The molecule has 1 aromatic rings. The fourth-order valence-electron chi connectivity index (χ4n) is 0.686. The minimum absolute atomic E-state index is 0.0260. The zero-order valence-electron chi connectivity index (χ0n) is 6.87. The Morgan fingerprint density at radius 3 is 2.92 bits per heavy atom. The summed E-state index contributed by atoms with van der Waals surface area (Å²) in [5, 5.41) is 0.382. The maximum absolute atomic E-state index is 11.4. The van der Waals surface area contributed by atoms with Gasteiger partial charge < -0.3 is 4.90 Å². The van der Waals surface area contributed by atoms with Crippen molar-refractivity contribution in [3.63, 3.8) is 0 Å². The van der Waals surface area contributed by atoms with Crippen LogP contribution < -0.4 is 0 Å². The van der Waals surface area contributed by atoms with Crippen LogP contribution in [0.15, 0.2) is 6.07 Å². The van der Waals surface area contributed by atoms with Gasteiger partial charge in [0, 0.05) is 19.7 Å². The fraction of sp³-hybridized carbons (Fsp3) is 0.429. The molecule has 0 spiro atoms. The van der Waals surface area contributed by atoms with Gasteiger partial charge in [-0.2, -0.15) is 4.37 Å². The second-order valence-electron chi connectivity index (χ2n) is 2.33. The molecule has 0 atom stereocenters. The molecule has 12 heavy (non-hydrogen) atoms. The molecule has 0 aliphatic rings. The van der Waals surface area contributed by atoms with Gasteiger partial charge in [-0.15, -0.1) is 0 Å². The monoisotopic (exact) mass is 204 g/mol. The van der Waals surface area contributed by atoms with Gasteiger partial charge in [-0.05, 0) is 18.5 Å². The molecule has 0 saturated carbocycles. The number of carbonyl (C=O) groups excluding carboxylic acids is 1. The van der Waals surface area contributed by atoms with Gasteiger partial charge in [0.1, 0.15) is 10.0 Å².